The minimum atomic E-state index is -3.28. The fourth-order valence-corrected chi connectivity index (χ4v) is 3.76. The molecule has 3 aromatic rings. The zero-order valence-corrected chi connectivity index (χ0v) is 18.8. The maximum atomic E-state index is 12.4. The number of benzene rings is 2. The van der Waals surface area contributed by atoms with Crippen LogP contribution in [0.15, 0.2) is 59.6 Å². The predicted molar refractivity (Wildman–Crippen MR) is 120 cm³/mol. The number of ether oxygens (including phenoxy) is 2. The molecule has 0 unspecified atom stereocenters. The first-order valence-electron chi connectivity index (χ1n) is 9.58. The summed E-state index contributed by atoms with van der Waals surface area (Å²) in [6.45, 7) is 0.687. The van der Waals surface area contributed by atoms with Gasteiger partial charge in [0.25, 0.3) is 5.91 Å². The second kappa shape index (κ2) is 9.98. The lowest BCUT2D eigenvalue weighted by atomic mass is 10.2. The number of likely N-dealkylation sites (N-methyl/N-ethyl adjacent to an activating group) is 1. The lowest BCUT2D eigenvalue weighted by Gasteiger charge is -2.18. The first-order valence-corrected chi connectivity index (χ1v) is 11.9. The van der Waals surface area contributed by atoms with E-state index in [1.165, 1.54) is 12.1 Å². The molecule has 0 aliphatic rings. The third-order valence-corrected chi connectivity index (χ3v) is 6.04. The van der Waals surface area contributed by atoms with Crippen molar-refractivity contribution in [3.63, 3.8) is 0 Å². The second-order valence-electron chi connectivity index (χ2n) is 7.00. The molecular formula is C22H23ClN2O5S. The second-order valence-corrected chi connectivity index (χ2v) is 9.42. The minimum Gasteiger partial charge on any atom is -0.493 e. The molecule has 0 aliphatic carbocycles. The van der Waals surface area contributed by atoms with Gasteiger partial charge in [-0.25, -0.2) is 8.42 Å². The van der Waals surface area contributed by atoms with Gasteiger partial charge in [-0.05, 0) is 48.9 Å². The van der Waals surface area contributed by atoms with E-state index in [9.17, 15) is 13.2 Å². The van der Waals surface area contributed by atoms with Crippen LogP contribution in [-0.4, -0.2) is 57.3 Å². The van der Waals surface area contributed by atoms with Gasteiger partial charge in [0.2, 0.25) is 0 Å². The number of halogens is 1. The van der Waals surface area contributed by atoms with Crippen LogP contribution in [-0.2, 0) is 14.6 Å². The highest BCUT2D eigenvalue weighted by atomic mass is 35.5. The largest absolute Gasteiger partial charge is 0.493 e. The van der Waals surface area contributed by atoms with Crippen LogP contribution < -0.4 is 9.47 Å². The van der Waals surface area contributed by atoms with Crippen LogP contribution in [0.4, 0.5) is 0 Å². The summed E-state index contributed by atoms with van der Waals surface area (Å²) in [6.07, 6.45) is 3.37. The van der Waals surface area contributed by atoms with E-state index in [-0.39, 0.29) is 17.4 Å². The molecule has 1 heterocycles. The molecule has 0 fully saturated rings. The van der Waals surface area contributed by atoms with Crippen LogP contribution in [0.2, 0.25) is 5.02 Å². The number of nitrogens with zero attached hydrogens (tertiary/aromatic N) is 2. The number of carbonyl (C=O) groups is 1. The van der Waals surface area contributed by atoms with E-state index >= 15 is 0 Å². The van der Waals surface area contributed by atoms with Crippen molar-refractivity contribution in [1.82, 2.24) is 9.88 Å². The smallest absolute Gasteiger partial charge is 0.260 e. The summed E-state index contributed by atoms with van der Waals surface area (Å²) >= 11 is 6.18. The number of sulfone groups is 1. The quantitative estimate of drug-likeness (QED) is 0.452. The number of amides is 1. The Morgan fingerprint density at radius 1 is 1.13 bits per heavy atom. The summed E-state index contributed by atoms with van der Waals surface area (Å²) in [4.78, 5) is 18.4. The van der Waals surface area contributed by atoms with Gasteiger partial charge in [0, 0.05) is 31.4 Å². The molecular weight excluding hydrogens is 440 g/mol. The molecule has 0 spiro atoms. The number of rotatable bonds is 9. The molecule has 1 aromatic heterocycles. The Labute approximate surface area is 186 Å². The Bertz CT molecular complexity index is 1180. The van der Waals surface area contributed by atoms with Gasteiger partial charge in [0.05, 0.1) is 16.5 Å². The van der Waals surface area contributed by atoms with E-state index in [1.807, 2.05) is 6.07 Å². The Hall–Kier alpha value is -2.84. The van der Waals surface area contributed by atoms with E-state index in [4.69, 9.17) is 21.1 Å². The van der Waals surface area contributed by atoms with E-state index in [0.29, 0.717) is 41.6 Å². The number of hydrogen-bond donors (Lipinski definition) is 0. The fourth-order valence-electron chi connectivity index (χ4n) is 2.89. The fraction of sp³-hybridized carbons (Fsp3) is 0.273. The van der Waals surface area contributed by atoms with E-state index < -0.39 is 9.84 Å². The summed E-state index contributed by atoms with van der Waals surface area (Å²) in [6, 6.07) is 13.4. The minimum absolute atomic E-state index is 0.124. The summed E-state index contributed by atoms with van der Waals surface area (Å²) in [5.41, 5.74) is 0.607. The van der Waals surface area contributed by atoms with E-state index in [2.05, 4.69) is 4.98 Å². The van der Waals surface area contributed by atoms with Crippen LogP contribution >= 0.6 is 11.6 Å². The molecule has 0 bridgehead atoms. The van der Waals surface area contributed by atoms with Gasteiger partial charge in [-0.3, -0.25) is 9.78 Å². The average molecular weight is 463 g/mol. The summed E-state index contributed by atoms with van der Waals surface area (Å²) in [5, 5.41) is 1.33. The summed E-state index contributed by atoms with van der Waals surface area (Å²) in [7, 11) is -1.60. The monoisotopic (exact) mass is 462 g/mol. The molecule has 2 aromatic carbocycles. The molecule has 7 nitrogen and oxygen atoms in total. The van der Waals surface area contributed by atoms with Gasteiger partial charge in [0.1, 0.15) is 17.0 Å². The first-order chi connectivity index (χ1) is 14.8. The van der Waals surface area contributed by atoms with Gasteiger partial charge in [-0.1, -0.05) is 17.7 Å². The van der Waals surface area contributed by atoms with Crippen molar-refractivity contribution in [3.05, 3.63) is 59.8 Å². The Morgan fingerprint density at radius 2 is 1.94 bits per heavy atom. The summed E-state index contributed by atoms with van der Waals surface area (Å²) in [5.74, 6) is 0.788. The third kappa shape index (κ3) is 6.08. The molecule has 3 rings (SSSR count). The summed E-state index contributed by atoms with van der Waals surface area (Å²) < 4.78 is 34.5. The van der Waals surface area contributed by atoms with Crippen molar-refractivity contribution in [2.24, 2.45) is 0 Å². The molecule has 9 heteroatoms. The van der Waals surface area contributed by atoms with Gasteiger partial charge in [-0.15, -0.1) is 0 Å². The molecule has 164 valence electrons. The van der Waals surface area contributed by atoms with Crippen LogP contribution in [0.5, 0.6) is 11.5 Å². The third-order valence-electron chi connectivity index (χ3n) is 4.60. The molecule has 31 heavy (non-hydrogen) atoms. The molecule has 0 atom stereocenters. The lowest BCUT2D eigenvalue weighted by Crippen LogP contribution is -2.32. The van der Waals surface area contributed by atoms with Crippen molar-refractivity contribution in [2.75, 3.05) is 33.1 Å². The maximum Gasteiger partial charge on any atom is 0.260 e. The van der Waals surface area contributed by atoms with Gasteiger partial charge < -0.3 is 14.4 Å². The topological polar surface area (TPSA) is 85.8 Å². The number of pyridine rings is 1. The maximum absolute atomic E-state index is 12.4. The number of carbonyl (C=O) groups excluding carboxylic acids is 1. The Morgan fingerprint density at radius 3 is 2.71 bits per heavy atom. The van der Waals surface area contributed by atoms with Crippen molar-refractivity contribution >= 4 is 38.2 Å². The van der Waals surface area contributed by atoms with Gasteiger partial charge in [0.15, 0.2) is 16.4 Å². The van der Waals surface area contributed by atoms with Crippen molar-refractivity contribution in [2.45, 2.75) is 11.3 Å². The van der Waals surface area contributed by atoms with Gasteiger partial charge >= 0.3 is 0 Å². The van der Waals surface area contributed by atoms with E-state index in [1.54, 1.807) is 48.5 Å². The number of hydrogen-bond acceptors (Lipinski definition) is 6. The van der Waals surface area contributed by atoms with Gasteiger partial charge in [-0.2, -0.15) is 0 Å². The molecule has 0 saturated carbocycles. The Kier molecular flexibility index (Phi) is 7.35. The highest BCUT2D eigenvalue weighted by Crippen LogP contribution is 2.29. The van der Waals surface area contributed by atoms with Crippen LogP contribution in [0.25, 0.3) is 10.9 Å². The van der Waals surface area contributed by atoms with Crippen molar-refractivity contribution < 1.29 is 22.7 Å². The normalized spacial score (nSPS) is 11.3. The lowest BCUT2D eigenvalue weighted by molar-refractivity contribution is -0.132. The standard InChI is InChI=1S/C22H23ClN2O5S/c1-25(12-5-13-29-16-6-3-7-17(14-16)31(2,27)28)21(26)15-30-20-10-9-19(23)18-8-4-11-24-22(18)20/h3-4,6-11,14H,5,12-13,15H2,1-2H3. The first kappa shape index (κ1) is 22.8. The van der Waals surface area contributed by atoms with E-state index in [0.717, 1.165) is 11.6 Å². The van der Waals surface area contributed by atoms with Crippen molar-refractivity contribution in [1.29, 1.82) is 0 Å². The SMILES string of the molecule is CN(CCCOc1cccc(S(C)(=O)=O)c1)C(=O)COc1ccc(Cl)c2cccnc12. The molecule has 0 saturated heterocycles. The van der Waals surface area contributed by atoms with Crippen LogP contribution in [0, 0.1) is 0 Å². The van der Waals surface area contributed by atoms with Crippen LogP contribution in [0.1, 0.15) is 6.42 Å². The predicted octanol–water partition coefficient (Wildman–Crippen LogP) is 3.60. The molecule has 0 radical (unpaired) electrons. The number of fused-ring (bicyclic) bond motifs is 1. The van der Waals surface area contributed by atoms with Crippen molar-refractivity contribution in [3.8, 4) is 11.5 Å². The zero-order valence-electron chi connectivity index (χ0n) is 17.2. The molecule has 0 N–H and O–H groups in total. The number of aromatic nitrogens is 1. The zero-order chi connectivity index (χ0) is 22.4. The molecule has 1 amide bonds. The Balaban J connectivity index is 1.47. The van der Waals surface area contributed by atoms with Crippen LogP contribution in [0.3, 0.4) is 0 Å². The highest BCUT2D eigenvalue weighted by Gasteiger charge is 2.13. The molecule has 0 aliphatic heterocycles. The average Bonchev–Trinajstić information content (AvgIpc) is 2.76. The highest BCUT2D eigenvalue weighted by molar-refractivity contribution is 7.90.